The number of hydrogen-bond acceptors (Lipinski definition) is 4. The van der Waals surface area contributed by atoms with Crippen LogP contribution in [-0.2, 0) is 0 Å². The number of nitrogens with two attached hydrogens (primary N) is 1. The first kappa shape index (κ1) is 12.5. The Morgan fingerprint density at radius 2 is 2.06 bits per heavy atom. The maximum absolute atomic E-state index is 11.3. The van der Waals surface area contributed by atoms with Crippen LogP contribution in [0.25, 0.3) is 11.1 Å². The fraction of sp³-hybridized carbons (Fsp3) is 0. The molecule has 0 saturated carbocycles. The summed E-state index contributed by atoms with van der Waals surface area (Å²) < 4.78 is 0. The topological polar surface area (TPSA) is 86.2 Å². The highest BCUT2D eigenvalue weighted by atomic mass is 35.5. The molecule has 0 saturated heterocycles. The van der Waals surface area contributed by atoms with Crippen LogP contribution in [-0.4, -0.2) is 10.8 Å². The Balaban J connectivity index is 2.76. The molecule has 0 aliphatic heterocycles. The van der Waals surface area contributed by atoms with Gasteiger partial charge in [-0.1, -0.05) is 41.1 Å². The van der Waals surface area contributed by atoms with Crippen LogP contribution in [0.5, 0.6) is 0 Å². The third-order valence-electron chi connectivity index (χ3n) is 2.35. The number of carbonyl (C=O) groups is 1. The van der Waals surface area contributed by atoms with Gasteiger partial charge in [0.25, 0.3) is 0 Å². The second-order valence-electron chi connectivity index (χ2n) is 3.43. The van der Waals surface area contributed by atoms with E-state index in [1.54, 1.807) is 24.3 Å². The molecule has 0 aliphatic rings. The zero-order chi connectivity index (χ0) is 13.3. The average molecular weight is 283 g/mol. The smallest absolute Gasteiger partial charge is 0.332 e. The first-order valence-corrected chi connectivity index (χ1v) is 6.08. The van der Waals surface area contributed by atoms with Gasteiger partial charge in [0.05, 0.1) is 16.1 Å². The molecule has 1 amide bonds. The molecule has 18 heavy (non-hydrogen) atoms. The van der Waals surface area contributed by atoms with Crippen molar-refractivity contribution in [1.29, 1.82) is 0 Å². The molecule has 2 rings (SSSR count). The van der Waals surface area contributed by atoms with Gasteiger partial charge in [0.15, 0.2) is 0 Å². The molecule has 0 radical (unpaired) electrons. The highest BCUT2D eigenvalue weighted by molar-refractivity contribution is 7.14. The van der Waals surface area contributed by atoms with Crippen molar-refractivity contribution in [1.82, 2.24) is 0 Å². The first-order valence-electron chi connectivity index (χ1n) is 4.83. The maximum Gasteiger partial charge on any atom is 0.332 e. The minimum atomic E-state index is -0.714. The third kappa shape index (κ3) is 2.07. The van der Waals surface area contributed by atoms with Crippen molar-refractivity contribution < 1.29 is 9.72 Å². The predicted octanol–water partition coefficient (Wildman–Crippen LogP) is 3.08. The molecular weight excluding hydrogens is 276 g/mol. The van der Waals surface area contributed by atoms with Gasteiger partial charge in [-0.25, -0.2) is 0 Å². The standard InChI is InChI=1S/C11H7ClN2O3S/c12-8-4-2-1-3-6(8)9-7(10(13)15)5-18-11(9)14(16)17/h1-5H,(H2,13,15). The number of halogens is 1. The van der Waals surface area contributed by atoms with Crippen LogP contribution in [0.4, 0.5) is 5.00 Å². The van der Waals surface area contributed by atoms with Crippen molar-refractivity contribution in [2.75, 3.05) is 0 Å². The molecule has 0 atom stereocenters. The Morgan fingerprint density at radius 3 is 2.61 bits per heavy atom. The molecule has 1 heterocycles. The lowest BCUT2D eigenvalue weighted by Gasteiger charge is -2.03. The zero-order valence-electron chi connectivity index (χ0n) is 8.92. The molecule has 1 aromatic carbocycles. The number of amides is 1. The summed E-state index contributed by atoms with van der Waals surface area (Å²) in [5, 5.41) is 12.5. The summed E-state index contributed by atoms with van der Waals surface area (Å²) in [7, 11) is 0. The van der Waals surface area contributed by atoms with Gasteiger partial charge in [0.1, 0.15) is 0 Å². The predicted molar refractivity (Wildman–Crippen MR) is 69.9 cm³/mol. The highest BCUT2D eigenvalue weighted by Crippen LogP contribution is 2.41. The number of hydrogen-bond donors (Lipinski definition) is 1. The van der Waals surface area contributed by atoms with E-state index in [4.69, 9.17) is 17.3 Å². The normalized spacial score (nSPS) is 10.3. The minimum absolute atomic E-state index is 0.111. The molecule has 0 spiro atoms. The summed E-state index contributed by atoms with van der Waals surface area (Å²) in [6.07, 6.45) is 0. The number of benzene rings is 1. The highest BCUT2D eigenvalue weighted by Gasteiger charge is 2.26. The average Bonchev–Trinajstić information content (AvgIpc) is 2.74. The molecule has 92 valence electrons. The summed E-state index contributed by atoms with van der Waals surface area (Å²) in [6, 6.07) is 6.61. The summed E-state index contributed by atoms with van der Waals surface area (Å²) in [6.45, 7) is 0. The van der Waals surface area contributed by atoms with Crippen LogP contribution in [0.3, 0.4) is 0 Å². The number of nitrogens with zero attached hydrogens (tertiary/aromatic N) is 1. The Labute approximate surface area is 111 Å². The van der Waals surface area contributed by atoms with Crippen molar-refractivity contribution in [2.45, 2.75) is 0 Å². The molecule has 2 N–H and O–H groups in total. The van der Waals surface area contributed by atoms with E-state index >= 15 is 0 Å². The molecule has 5 nitrogen and oxygen atoms in total. The van der Waals surface area contributed by atoms with Gasteiger partial charge >= 0.3 is 5.00 Å². The van der Waals surface area contributed by atoms with E-state index in [1.807, 2.05) is 0 Å². The lowest BCUT2D eigenvalue weighted by molar-refractivity contribution is -0.379. The molecule has 0 aliphatic carbocycles. The lowest BCUT2D eigenvalue weighted by Crippen LogP contribution is -2.11. The van der Waals surface area contributed by atoms with Crippen LogP contribution in [0.2, 0.25) is 5.02 Å². The van der Waals surface area contributed by atoms with E-state index < -0.39 is 10.8 Å². The van der Waals surface area contributed by atoms with Gasteiger partial charge in [0, 0.05) is 16.0 Å². The van der Waals surface area contributed by atoms with Crippen LogP contribution in [0.1, 0.15) is 10.4 Å². The van der Waals surface area contributed by atoms with Gasteiger partial charge < -0.3 is 5.73 Å². The van der Waals surface area contributed by atoms with Crippen molar-refractivity contribution in [3.05, 3.63) is 50.3 Å². The maximum atomic E-state index is 11.3. The number of primary amides is 1. The Bertz CT molecular complexity index is 607. The fourth-order valence-electron chi connectivity index (χ4n) is 1.59. The SMILES string of the molecule is NC(=O)c1csc([N+](=O)[O-])c1-c1ccccc1Cl. The Hall–Kier alpha value is -1.92. The van der Waals surface area contributed by atoms with Gasteiger partial charge in [0.2, 0.25) is 5.91 Å². The van der Waals surface area contributed by atoms with Crippen molar-refractivity contribution in [2.24, 2.45) is 5.73 Å². The summed E-state index contributed by atoms with van der Waals surface area (Å²) in [5.41, 5.74) is 5.94. The van der Waals surface area contributed by atoms with Crippen LogP contribution < -0.4 is 5.73 Å². The quantitative estimate of drug-likeness (QED) is 0.693. The van der Waals surface area contributed by atoms with Crippen molar-refractivity contribution in [3.8, 4) is 11.1 Å². The zero-order valence-corrected chi connectivity index (χ0v) is 10.5. The second kappa shape index (κ2) is 4.75. The first-order chi connectivity index (χ1) is 8.52. The fourth-order valence-corrected chi connectivity index (χ4v) is 2.71. The second-order valence-corrected chi connectivity index (χ2v) is 4.70. The largest absolute Gasteiger partial charge is 0.366 e. The molecule has 1 aromatic heterocycles. The molecule has 0 bridgehead atoms. The number of rotatable bonds is 3. The summed E-state index contributed by atoms with van der Waals surface area (Å²) in [4.78, 5) is 21.7. The van der Waals surface area contributed by atoms with Gasteiger partial charge in [-0.2, -0.15) is 0 Å². The van der Waals surface area contributed by atoms with Crippen LogP contribution in [0, 0.1) is 10.1 Å². The van der Waals surface area contributed by atoms with Crippen molar-refractivity contribution in [3.63, 3.8) is 0 Å². The van der Waals surface area contributed by atoms with Crippen molar-refractivity contribution >= 4 is 33.8 Å². The third-order valence-corrected chi connectivity index (χ3v) is 3.61. The van der Waals surface area contributed by atoms with Crippen LogP contribution >= 0.6 is 22.9 Å². The van der Waals surface area contributed by atoms with Crippen LogP contribution in [0.15, 0.2) is 29.6 Å². The van der Waals surface area contributed by atoms with E-state index in [0.29, 0.717) is 10.6 Å². The molecule has 7 heteroatoms. The molecule has 0 fully saturated rings. The van der Waals surface area contributed by atoms with E-state index in [2.05, 4.69) is 0 Å². The molecular formula is C11H7ClN2O3S. The van der Waals surface area contributed by atoms with E-state index in [-0.39, 0.29) is 16.1 Å². The van der Waals surface area contributed by atoms with Gasteiger partial charge in [-0.15, -0.1) is 0 Å². The Kier molecular flexibility index (Phi) is 3.31. The van der Waals surface area contributed by atoms with E-state index in [9.17, 15) is 14.9 Å². The van der Waals surface area contributed by atoms with Gasteiger partial charge in [-0.3, -0.25) is 14.9 Å². The number of nitro groups is 1. The number of carbonyl (C=O) groups excluding carboxylic acids is 1. The van der Waals surface area contributed by atoms with E-state index in [0.717, 1.165) is 11.3 Å². The molecule has 0 unspecified atom stereocenters. The number of thiophene rings is 1. The van der Waals surface area contributed by atoms with E-state index in [1.165, 1.54) is 5.38 Å². The summed E-state index contributed by atoms with van der Waals surface area (Å²) in [5.74, 6) is -0.714. The minimum Gasteiger partial charge on any atom is -0.366 e. The lowest BCUT2D eigenvalue weighted by atomic mass is 10.0. The Morgan fingerprint density at radius 1 is 1.39 bits per heavy atom. The monoisotopic (exact) mass is 282 g/mol. The summed E-state index contributed by atoms with van der Waals surface area (Å²) >= 11 is 6.86. The van der Waals surface area contributed by atoms with Gasteiger partial charge in [-0.05, 0) is 6.07 Å². The molecule has 2 aromatic rings.